The number of rotatable bonds is 2. The van der Waals surface area contributed by atoms with E-state index in [0.29, 0.717) is 5.69 Å². The Morgan fingerprint density at radius 1 is 0.778 bits per heavy atom. The maximum absolute atomic E-state index is 9.86. The summed E-state index contributed by atoms with van der Waals surface area (Å²) in [6, 6.07) is 26.8. The predicted octanol–water partition coefficient (Wildman–Crippen LogP) is 5.20. The largest absolute Gasteiger partial charge is 0.506 e. The van der Waals surface area contributed by atoms with Crippen LogP contribution < -0.4 is 5.73 Å². The molecule has 132 valence electrons. The Kier molecular flexibility index (Phi) is 3.54. The normalized spacial score (nSPS) is 12.4. The van der Waals surface area contributed by atoms with Crippen molar-refractivity contribution < 1.29 is 5.11 Å². The number of aromatic nitrogens is 1. The molecule has 1 aliphatic carbocycles. The van der Waals surface area contributed by atoms with Crippen LogP contribution in [0, 0.1) is 0 Å². The summed E-state index contributed by atoms with van der Waals surface area (Å²) in [4.78, 5) is 0. The molecule has 1 aliphatic rings. The van der Waals surface area contributed by atoms with Gasteiger partial charge in [0.05, 0.1) is 11.4 Å². The number of phenolic OH excluding ortho intramolecular Hbond substituents is 1. The fourth-order valence-electron chi connectivity index (χ4n) is 4.08. The summed E-state index contributed by atoms with van der Waals surface area (Å²) in [7, 11) is 0. The molecule has 0 unspecified atom stereocenters. The van der Waals surface area contributed by atoms with E-state index in [1.54, 1.807) is 6.07 Å². The standard InChI is InChI=1S/C24H20N2O/c25-21-14-18(11-13-24(21)27)26-22-12-10-16-6-4-5-9-19(16)20(22)15-23(26)17-7-2-1-3-8-17/h1-9,11,13-15,27H,10,12,25H2. The van der Waals surface area contributed by atoms with Crippen molar-refractivity contribution in [1.29, 1.82) is 0 Å². The zero-order valence-corrected chi connectivity index (χ0v) is 14.9. The highest BCUT2D eigenvalue weighted by atomic mass is 16.3. The summed E-state index contributed by atoms with van der Waals surface area (Å²) >= 11 is 0. The van der Waals surface area contributed by atoms with Crippen LogP contribution in [0.3, 0.4) is 0 Å². The molecule has 27 heavy (non-hydrogen) atoms. The molecule has 3 heteroatoms. The highest BCUT2D eigenvalue weighted by Crippen LogP contribution is 2.41. The van der Waals surface area contributed by atoms with E-state index in [-0.39, 0.29) is 5.75 Å². The van der Waals surface area contributed by atoms with Gasteiger partial charge in [-0.3, -0.25) is 0 Å². The lowest BCUT2D eigenvalue weighted by Gasteiger charge is -2.20. The average Bonchev–Trinajstić information content (AvgIpc) is 3.11. The van der Waals surface area contributed by atoms with Crippen molar-refractivity contribution >= 4 is 5.69 Å². The number of nitrogens with zero attached hydrogens (tertiary/aromatic N) is 1. The third-order valence-electron chi connectivity index (χ3n) is 5.38. The molecular formula is C24H20N2O. The van der Waals surface area contributed by atoms with Gasteiger partial charge in [0.1, 0.15) is 5.75 Å². The average molecular weight is 352 g/mol. The van der Waals surface area contributed by atoms with E-state index in [9.17, 15) is 5.11 Å². The number of benzene rings is 3. The number of phenols is 1. The van der Waals surface area contributed by atoms with E-state index in [1.165, 1.54) is 22.4 Å². The number of aryl methyl sites for hydroxylation is 1. The highest BCUT2D eigenvalue weighted by molar-refractivity contribution is 5.80. The molecule has 0 atom stereocenters. The lowest BCUT2D eigenvalue weighted by atomic mass is 9.90. The molecule has 0 bridgehead atoms. The van der Waals surface area contributed by atoms with Gasteiger partial charge in [-0.15, -0.1) is 0 Å². The summed E-state index contributed by atoms with van der Waals surface area (Å²) in [6.07, 6.45) is 1.99. The number of fused-ring (bicyclic) bond motifs is 3. The van der Waals surface area contributed by atoms with Crippen molar-refractivity contribution in [3.05, 3.63) is 90.1 Å². The number of hydrogen-bond donors (Lipinski definition) is 2. The molecule has 3 N–H and O–H groups in total. The summed E-state index contributed by atoms with van der Waals surface area (Å²) in [5.41, 5.74) is 15.0. The molecule has 0 amide bonds. The minimum atomic E-state index is 0.117. The third kappa shape index (κ3) is 2.51. The molecule has 0 saturated carbocycles. The zero-order valence-electron chi connectivity index (χ0n) is 14.9. The molecule has 0 fully saturated rings. The van der Waals surface area contributed by atoms with Crippen LogP contribution in [0.5, 0.6) is 5.75 Å². The second-order valence-corrected chi connectivity index (χ2v) is 6.99. The minimum Gasteiger partial charge on any atom is -0.506 e. The van der Waals surface area contributed by atoms with Gasteiger partial charge in [-0.05, 0) is 53.8 Å². The molecule has 5 rings (SSSR count). The van der Waals surface area contributed by atoms with Crippen molar-refractivity contribution in [2.24, 2.45) is 0 Å². The Labute approximate surface area is 158 Å². The van der Waals surface area contributed by atoms with Crippen LogP contribution in [-0.2, 0) is 12.8 Å². The molecular weight excluding hydrogens is 332 g/mol. The summed E-state index contributed by atoms with van der Waals surface area (Å²) < 4.78 is 2.29. The smallest absolute Gasteiger partial charge is 0.138 e. The molecule has 0 spiro atoms. The van der Waals surface area contributed by atoms with Crippen molar-refractivity contribution in [3.8, 4) is 33.8 Å². The van der Waals surface area contributed by atoms with Gasteiger partial charge in [-0.2, -0.15) is 0 Å². The molecule has 0 aliphatic heterocycles. The van der Waals surface area contributed by atoms with Gasteiger partial charge in [0, 0.05) is 16.9 Å². The van der Waals surface area contributed by atoms with Crippen LogP contribution in [0.25, 0.3) is 28.1 Å². The van der Waals surface area contributed by atoms with E-state index in [1.807, 2.05) is 18.2 Å². The van der Waals surface area contributed by atoms with Gasteiger partial charge in [0.15, 0.2) is 0 Å². The quantitative estimate of drug-likeness (QED) is 0.385. The predicted molar refractivity (Wildman–Crippen MR) is 110 cm³/mol. The lowest BCUT2D eigenvalue weighted by molar-refractivity contribution is 0.478. The first-order chi connectivity index (χ1) is 13.2. The second-order valence-electron chi connectivity index (χ2n) is 6.99. The first-order valence-electron chi connectivity index (χ1n) is 9.19. The fraction of sp³-hybridized carbons (Fsp3) is 0.0833. The third-order valence-corrected chi connectivity index (χ3v) is 5.38. The summed E-state index contributed by atoms with van der Waals surface area (Å²) in [5.74, 6) is 0.117. The van der Waals surface area contributed by atoms with Gasteiger partial charge in [-0.1, -0.05) is 54.6 Å². The van der Waals surface area contributed by atoms with Crippen LogP contribution in [0.2, 0.25) is 0 Å². The van der Waals surface area contributed by atoms with Gasteiger partial charge in [0.2, 0.25) is 0 Å². The number of aromatic hydroxyl groups is 1. The maximum atomic E-state index is 9.86. The van der Waals surface area contributed by atoms with Crippen molar-refractivity contribution in [2.75, 3.05) is 5.73 Å². The van der Waals surface area contributed by atoms with Crippen LogP contribution in [0.4, 0.5) is 5.69 Å². The van der Waals surface area contributed by atoms with Gasteiger partial charge in [-0.25, -0.2) is 0 Å². The Morgan fingerprint density at radius 2 is 1.56 bits per heavy atom. The highest BCUT2D eigenvalue weighted by Gasteiger charge is 2.24. The number of hydrogen-bond acceptors (Lipinski definition) is 2. The van der Waals surface area contributed by atoms with Crippen molar-refractivity contribution in [2.45, 2.75) is 12.8 Å². The van der Waals surface area contributed by atoms with Crippen molar-refractivity contribution in [3.63, 3.8) is 0 Å². The Hall–Kier alpha value is -3.46. The van der Waals surface area contributed by atoms with E-state index < -0.39 is 0 Å². The van der Waals surface area contributed by atoms with Crippen LogP contribution >= 0.6 is 0 Å². The molecule has 4 aromatic rings. The van der Waals surface area contributed by atoms with E-state index in [0.717, 1.165) is 29.8 Å². The maximum Gasteiger partial charge on any atom is 0.138 e. The van der Waals surface area contributed by atoms with Crippen LogP contribution in [0.15, 0.2) is 78.9 Å². The lowest BCUT2D eigenvalue weighted by Crippen LogP contribution is -2.09. The number of anilines is 1. The van der Waals surface area contributed by atoms with Crippen LogP contribution in [0.1, 0.15) is 11.3 Å². The van der Waals surface area contributed by atoms with Crippen LogP contribution in [-0.4, -0.2) is 9.67 Å². The zero-order chi connectivity index (χ0) is 18.4. The topological polar surface area (TPSA) is 51.2 Å². The summed E-state index contributed by atoms with van der Waals surface area (Å²) in [5, 5.41) is 9.86. The first-order valence-corrected chi connectivity index (χ1v) is 9.19. The Morgan fingerprint density at radius 3 is 2.37 bits per heavy atom. The van der Waals surface area contributed by atoms with Gasteiger partial charge in [0.25, 0.3) is 0 Å². The molecule has 3 nitrogen and oxygen atoms in total. The molecule has 0 saturated heterocycles. The van der Waals surface area contributed by atoms with E-state index >= 15 is 0 Å². The monoisotopic (exact) mass is 352 g/mol. The Bertz CT molecular complexity index is 1140. The molecule has 3 aromatic carbocycles. The summed E-state index contributed by atoms with van der Waals surface area (Å²) in [6.45, 7) is 0. The molecule has 1 heterocycles. The van der Waals surface area contributed by atoms with Crippen molar-refractivity contribution in [1.82, 2.24) is 4.57 Å². The number of nitrogen functional groups attached to an aromatic ring is 1. The first kappa shape index (κ1) is 15.8. The minimum absolute atomic E-state index is 0.117. The van der Waals surface area contributed by atoms with Gasteiger partial charge >= 0.3 is 0 Å². The fourth-order valence-corrected chi connectivity index (χ4v) is 4.08. The van der Waals surface area contributed by atoms with E-state index in [2.05, 4.69) is 59.2 Å². The second kappa shape index (κ2) is 6.06. The van der Waals surface area contributed by atoms with E-state index in [4.69, 9.17) is 5.73 Å². The molecule has 0 radical (unpaired) electrons. The Balaban J connectivity index is 1.81. The number of nitrogens with two attached hydrogens (primary N) is 1. The SMILES string of the molecule is Nc1cc(-n2c(-c3ccccc3)cc3c2CCc2ccccc2-3)ccc1O. The molecule has 1 aromatic heterocycles. The van der Waals surface area contributed by atoms with Gasteiger partial charge < -0.3 is 15.4 Å².